The Balaban J connectivity index is 1.99. The van der Waals surface area contributed by atoms with Crippen LogP contribution in [0.4, 0.5) is 0 Å². The molecule has 6 heteroatoms. The lowest BCUT2D eigenvalue weighted by molar-refractivity contribution is -0.110. The average Bonchev–Trinajstić information content (AvgIpc) is 3.08. The second-order valence-electron chi connectivity index (χ2n) is 12.6. The highest BCUT2D eigenvalue weighted by molar-refractivity contribution is 6.74. The second kappa shape index (κ2) is 13.3. The van der Waals surface area contributed by atoms with Gasteiger partial charge in [-0.3, -0.25) is 0 Å². The summed E-state index contributed by atoms with van der Waals surface area (Å²) in [6.07, 6.45) is 9.13. The quantitative estimate of drug-likeness (QED) is 0.108. The van der Waals surface area contributed by atoms with Crippen molar-refractivity contribution in [3.05, 3.63) is 23.3 Å². The molecule has 1 aliphatic carbocycles. The average molecular weight is 511 g/mol. The van der Waals surface area contributed by atoms with Gasteiger partial charge in [-0.2, -0.15) is 0 Å². The van der Waals surface area contributed by atoms with E-state index >= 15 is 0 Å². The van der Waals surface area contributed by atoms with Crippen molar-refractivity contribution >= 4 is 8.32 Å². The normalized spacial score (nSPS) is 27.9. The SMILES string of the molecule is COCCOCOC[C@@H]1CC=C(C)[C@H](CC2=CC[C@@H](C(C)C)[C@]2(C)CCO[Si](C)(C)C(C)(C)C)O1. The van der Waals surface area contributed by atoms with Crippen LogP contribution in [0.15, 0.2) is 23.3 Å². The van der Waals surface area contributed by atoms with Gasteiger partial charge < -0.3 is 23.4 Å². The van der Waals surface area contributed by atoms with Crippen molar-refractivity contribution in [2.45, 2.75) is 104 Å². The topological polar surface area (TPSA) is 46.2 Å². The zero-order chi connectivity index (χ0) is 26.3. The summed E-state index contributed by atoms with van der Waals surface area (Å²) in [4.78, 5) is 0. The van der Waals surface area contributed by atoms with Crippen LogP contribution in [-0.2, 0) is 23.4 Å². The van der Waals surface area contributed by atoms with Gasteiger partial charge in [0.15, 0.2) is 8.32 Å². The van der Waals surface area contributed by atoms with Crippen LogP contribution in [0.1, 0.15) is 74.1 Å². The molecular weight excluding hydrogens is 456 g/mol. The lowest BCUT2D eigenvalue weighted by Gasteiger charge is -2.41. The molecule has 0 aromatic heterocycles. The highest BCUT2D eigenvalue weighted by Gasteiger charge is 2.44. The molecule has 4 atom stereocenters. The highest BCUT2D eigenvalue weighted by Crippen LogP contribution is 2.52. The molecule has 35 heavy (non-hydrogen) atoms. The Morgan fingerprint density at radius 2 is 1.80 bits per heavy atom. The first-order valence-electron chi connectivity index (χ1n) is 13.6. The number of ether oxygens (including phenoxy) is 4. The van der Waals surface area contributed by atoms with E-state index < -0.39 is 8.32 Å². The third kappa shape index (κ3) is 8.51. The van der Waals surface area contributed by atoms with Gasteiger partial charge in [0.05, 0.1) is 32.0 Å². The van der Waals surface area contributed by atoms with Gasteiger partial charge in [0.25, 0.3) is 0 Å². The Kier molecular flexibility index (Phi) is 11.7. The van der Waals surface area contributed by atoms with Gasteiger partial charge in [-0.05, 0) is 73.6 Å². The Bertz CT molecular complexity index is 708. The van der Waals surface area contributed by atoms with Crippen molar-refractivity contribution in [3.63, 3.8) is 0 Å². The van der Waals surface area contributed by atoms with Crippen LogP contribution in [0.2, 0.25) is 18.1 Å². The Hall–Kier alpha value is -0.503. The van der Waals surface area contributed by atoms with E-state index in [0.717, 1.165) is 32.3 Å². The third-order valence-electron chi connectivity index (χ3n) is 8.74. The van der Waals surface area contributed by atoms with Crippen LogP contribution >= 0.6 is 0 Å². The second-order valence-corrected chi connectivity index (χ2v) is 17.4. The summed E-state index contributed by atoms with van der Waals surface area (Å²) in [5, 5.41) is 0.240. The van der Waals surface area contributed by atoms with Crippen molar-refractivity contribution in [2.75, 3.05) is 40.3 Å². The summed E-state index contributed by atoms with van der Waals surface area (Å²) in [5.74, 6) is 1.29. The molecule has 0 unspecified atom stereocenters. The monoisotopic (exact) mass is 510 g/mol. The fraction of sp³-hybridized carbons (Fsp3) is 0.862. The first-order valence-corrected chi connectivity index (χ1v) is 16.5. The van der Waals surface area contributed by atoms with Crippen molar-refractivity contribution < 1.29 is 23.4 Å². The predicted molar refractivity (Wildman–Crippen MR) is 147 cm³/mol. The fourth-order valence-corrected chi connectivity index (χ4v) is 6.25. The van der Waals surface area contributed by atoms with E-state index in [1.807, 2.05) is 0 Å². The molecule has 0 bridgehead atoms. The van der Waals surface area contributed by atoms with Gasteiger partial charge in [-0.15, -0.1) is 0 Å². The molecule has 0 saturated carbocycles. The Morgan fingerprint density at radius 3 is 2.43 bits per heavy atom. The lowest BCUT2D eigenvalue weighted by Crippen LogP contribution is -2.42. The van der Waals surface area contributed by atoms with Crippen molar-refractivity contribution in [3.8, 4) is 0 Å². The maximum absolute atomic E-state index is 6.64. The molecule has 204 valence electrons. The van der Waals surface area contributed by atoms with Gasteiger partial charge in [0.2, 0.25) is 0 Å². The van der Waals surface area contributed by atoms with Crippen LogP contribution < -0.4 is 0 Å². The summed E-state index contributed by atoms with van der Waals surface area (Å²) in [6, 6.07) is 0. The third-order valence-corrected chi connectivity index (χ3v) is 13.3. The van der Waals surface area contributed by atoms with Gasteiger partial charge >= 0.3 is 0 Å². The Morgan fingerprint density at radius 1 is 1.09 bits per heavy atom. The van der Waals surface area contributed by atoms with Crippen molar-refractivity contribution in [2.24, 2.45) is 17.3 Å². The van der Waals surface area contributed by atoms with Crippen molar-refractivity contribution in [1.29, 1.82) is 0 Å². The molecular formula is C29H54O5Si. The number of allylic oxidation sites excluding steroid dienone is 1. The number of rotatable bonds is 14. The fourth-order valence-electron chi connectivity index (χ4n) is 5.21. The molecule has 1 aliphatic heterocycles. The van der Waals surface area contributed by atoms with Gasteiger partial charge in [0, 0.05) is 13.7 Å². The molecule has 1 heterocycles. The summed E-state index contributed by atoms with van der Waals surface area (Å²) in [6.45, 7) is 23.9. The molecule has 2 rings (SSSR count). The van der Waals surface area contributed by atoms with E-state index in [1.165, 1.54) is 5.57 Å². The minimum absolute atomic E-state index is 0.0748. The standard InChI is InChI=1S/C29H54O5Si/c1-22(2)26-14-12-24(29(26,7)15-16-33-35(9,10)28(4,5)6)19-27-23(3)11-13-25(34-27)20-32-21-31-18-17-30-8/h11-12,22,25-27H,13-21H2,1-10H3/t25-,26-,27-,29+/m0/s1. The number of hydrogen-bond acceptors (Lipinski definition) is 5. The first kappa shape index (κ1) is 30.7. The molecule has 0 aromatic rings. The van der Waals surface area contributed by atoms with E-state index in [4.69, 9.17) is 23.4 Å². The van der Waals surface area contributed by atoms with E-state index in [9.17, 15) is 0 Å². The molecule has 5 nitrogen and oxygen atoms in total. The van der Waals surface area contributed by atoms with Crippen LogP contribution in [-0.4, -0.2) is 60.9 Å². The zero-order valence-corrected chi connectivity index (χ0v) is 25.4. The van der Waals surface area contributed by atoms with Crippen LogP contribution in [0.25, 0.3) is 0 Å². The van der Waals surface area contributed by atoms with Crippen LogP contribution in [0.3, 0.4) is 0 Å². The Labute approximate surface area is 217 Å². The summed E-state index contributed by atoms with van der Waals surface area (Å²) in [7, 11) is -0.0806. The van der Waals surface area contributed by atoms with E-state index in [-0.39, 0.29) is 29.5 Å². The summed E-state index contributed by atoms with van der Waals surface area (Å²) < 4.78 is 29.3. The smallest absolute Gasteiger partial charge is 0.191 e. The maximum atomic E-state index is 6.64. The maximum Gasteiger partial charge on any atom is 0.191 e. The van der Waals surface area contributed by atoms with Crippen molar-refractivity contribution in [1.82, 2.24) is 0 Å². The first-order chi connectivity index (χ1) is 16.3. The minimum Gasteiger partial charge on any atom is -0.417 e. The molecule has 0 N–H and O–H groups in total. The van der Waals surface area contributed by atoms with E-state index in [2.05, 4.69) is 73.7 Å². The molecule has 0 radical (unpaired) electrons. The molecule has 0 spiro atoms. The lowest BCUT2D eigenvalue weighted by atomic mass is 9.67. The van der Waals surface area contributed by atoms with E-state index in [1.54, 1.807) is 12.7 Å². The van der Waals surface area contributed by atoms with Gasteiger partial charge in [0.1, 0.15) is 6.79 Å². The molecule has 0 saturated heterocycles. The van der Waals surface area contributed by atoms with Crippen LogP contribution in [0.5, 0.6) is 0 Å². The molecule has 0 amide bonds. The summed E-state index contributed by atoms with van der Waals surface area (Å²) >= 11 is 0. The molecule has 2 aliphatic rings. The predicted octanol–water partition coefficient (Wildman–Crippen LogP) is 7.14. The number of hydrogen-bond donors (Lipinski definition) is 0. The van der Waals surface area contributed by atoms with E-state index in [0.29, 0.717) is 31.7 Å². The van der Waals surface area contributed by atoms with Crippen LogP contribution in [0, 0.1) is 17.3 Å². The highest BCUT2D eigenvalue weighted by atomic mass is 28.4. The number of methoxy groups -OCH3 is 1. The molecule has 0 fully saturated rings. The minimum atomic E-state index is -1.75. The largest absolute Gasteiger partial charge is 0.417 e. The zero-order valence-electron chi connectivity index (χ0n) is 24.4. The molecule has 0 aromatic carbocycles. The van der Waals surface area contributed by atoms with Gasteiger partial charge in [-0.25, -0.2) is 0 Å². The summed E-state index contributed by atoms with van der Waals surface area (Å²) in [5.41, 5.74) is 3.04. The van der Waals surface area contributed by atoms with Gasteiger partial charge in [-0.1, -0.05) is 59.3 Å².